The lowest BCUT2D eigenvalue weighted by atomic mass is 10.0. The van der Waals surface area contributed by atoms with E-state index in [0.29, 0.717) is 0 Å². The summed E-state index contributed by atoms with van der Waals surface area (Å²) in [6.07, 6.45) is 9.05. The average Bonchev–Trinajstić information content (AvgIpc) is 2.07. The minimum absolute atomic E-state index is 0.133. The number of hydrogen-bond acceptors (Lipinski definition) is 2. The zero-order chi connectivity index (χ0) is 9.40. The van der Waals surface area contributed by atoms with Crippen LogP contribution in [0, 0.1) is 12.3 Å². The van der Waals surface area contributed by atoms with E-state index in [-0.39, 0.29) is 12.1 Å². The molecule has 0 aromatic carbocycles. The molecule has 0 rings (SSSR count). The van der Waals surface area contributed by atoms with Gasteiger partial charge in [0, 0.05) is 19.6 Å². The first-order chi connectivity index (χ1) is 5.76. The molecule has 0 saturated heterocycles. The first-order valence-electron chi connectivity index (χ1n) is 4.48. The molecule has 0 aliphatic carbocycles. The largest absolute Gasteiger partial charge is 0.380 e. The van der Waals surface area contributed by atoms with E-state index < -0.39 is 0 Å². The Morgan fingerprint density at radius 1 is 1.58 bits per heavy atom. The summed E-state index contributed by atoms with van der Waals surface area (Å²) in [7, 11) is 1.70. The Morgan fingerprint density at radius 3 is 2.67 bits per heavy atom. The van der Waals surface area contributed by atoms with Gasteiger partial charge in [-0.15, -0.1) is 12.3 Å². The van der Waals surface area contributed by atoms with Crippen LogP contribution in [-0.2, 0) is 4.74 Å². The summed E-state index contributed by atoms with van der Waals surface area (Å²) in [6.45, 7) is 2.08. The fourth-order valence-electron chi connectivity index (χ4n) is 1.27. The molecule has 0 bridgehead atoms. The first-order valence-corrected chi connectivity index (χ1v) is 4.48. The first kappa shape index (κ1) is 11.5. The number of unbranched alkanes of at least 4 members (excludes halogenated alkanes) is 1. The van der Waals surface area contributed by atoms with Gasteiger partial charge >= 0.3 is 0 Å². The van der Waals surface area contributed by atoms with Crippen molar-refractivity contribution >= 4 is 0 Å². The van der Waals surface area contributed by atoms with Gasteiger partial charge in [0.1, 0.15) is 0 Å². The summed E-state index contributed by atoms with van der Waals surface area (Å²) in [5.41, 5.74) is 5.89. The van der Waals surface area contributed by atoms with E-state index in [1.165, 1.54) is 0 Å². The summed E-state index contributed by atoms with van der Waals surface area (Å²) in [5.74, 6) is 2.60. The van der Waals surface area contributed by atoms with Crippen molar-refractivity contribution < 1.29 is 4.74 Å². The van der Waals surface area contributed by atoms with E-state index in [9.17, 15) is 0 Å². The van der Waals surface area contributed by atoms with E-state index in [0.717, 1.165) is 25.7 Å². The summed E-state index contributed by atoms with van der Waals surface area (Å²) < 4.78 is 5.22. The Bertz CT molecular complexity index is 135. The van der Waals surface area contributed by atoms with Crippen molar-refractivity contribution in [3.63, 3.8) is 0 Å². The Balaban J connectivity index is 3.55. The Kier molecular flexibility index (Phi) is 6.84. The van der Waals surface area contributed by atoms with Gasteiger partial charge in [0.05, 0.1) is 6.10 Å². The summed E-state index contributed by atoms with van der Waals surface area (Å²) in [5, 5.41) is 0. The molecule has 0 saturated carbocycles. The quantitative estimate of drug-likeness (QED) is 0.483. The predicted octanol–water partition coefficient (Wildman–Crippen LogP) is 1.54. The molecule has 0 aromatic rings. The lowest BCUT2D eigenvalue weighted by molar-refractivity contribution is 0.0743. The van der Waals surface area contributed by atoms with Crippen molar-refractivity contribution in [2.24, 2.45) is 5.73 Å². The van der Waals surface area contributed by atoms with Crippen molar-refractivity contribution in [3.05, 3.63) is 0 Å². The second-order valence-corrected chi connectivity index (χ2v) is 2.94. The molecule has 2 nitrogen and oxygen atoms in total. The van der Waals surface area contributed by atoms with Gasteiger partial charge in [0.25, 0.3) is 0 Å². The third-order valence-corrected chi connectivity index (χ3v) is 2.04. The Hall–Kier alpha value is -0.520. The molecule has 2 heteroatoms. The lowest BCUT2D eigenvalue weighted by Gasteiger charge is -2.20. The van der Waals surface area contributed by atoms with Crippen LogP contribution in [0.25, 0.3) is 0 Å². The summed E-state index contributed by atoms with van der Waals surface area (Å²) >= 11 is 0. The smallest absolute Gasteiger partial charge is 0.0719 e. The topological polar surface area (TPSA) is 35.2 Å². The summed E-state index contributed by atoms with van der Waals surface area (Å²) in [4.78, 5) is 0. The maximum atomic E-state index is 5.89. The highest BCUT2D eigenvalue weighted by atomic mass is 16.5. The Labute approximate surface area is 75.5 Å². The molecule has 0 aliphatic rings. The minimum atomic E-state index is 0.133. The highest BCUT2D eigenvalue weighted by Gasteiger charge is 2.13. The fraction of sp³-hybridized carbons (Fsp3) is 0.800. The second-order valence-electron chi connectivity index (χ2n) is 2.94. The number of terminal acetylenes is 1. The average molecular weight is 169 g/mol. The number of ether oxygens (including phenoxy) is 1. The van der Waals surface area contributed by atoms with Crippen molar-refractivity contribution in [1.82, 2.24) is 0 Å². The number of methoxy groups -OCH3 is 1. The number of nitrogens with two attached hydrogens (primary N) is 1. The molecule has 0 radical (unpaired) electrons. The van der Waals surface area contributed by atoms with Gasteiger partial charge in [0.15, 0.2) is 0 Å². The van der Waals surface area contributed by atoms with Crippen molar-refractivity contribution in [2.45, 2.75) is 44.8 Å². The highest BCUT2D eigenvalue weighted by molar-refractivity contribution is 4.84. The van der Waals surface area contributed by atoms with Crippen LogP contribution < -0.4 is 5.73 Å². The highest BCUT2D eigenvalue weighted by Crippen LogP contribution is 2.07. The van der Waals surface area contributed by atoms with E-state index in [1.807, 2.05) is 0 Å². The van der Waals surface area contributed by atoms with Crippen LogP contribution in [0.2, 0.25) is 0 Å². The molecule has 0 fully saturated rings. The zero-order valence-corrected chi connectivity index (χ0v) is 8.05. The molecule has 0 aromatic heterocycles. The minimum Gasteiger partial charge on any atom is -0.380 e. The van der Waals surface area contributed by atoms with Crippen LogP contribution in [-0.4, -0.2) is 19.3 Å². The van der Waals surface area contributed by atoms with E-state index in [1.54, 1.807) is 7.11 Å². The van der Waals surface area contributed by atoms with Crippen molar-refractivity contribution in [2.75, 3.05) is 7.11 Å². The molecular formula is C10H19NO. The van der Waals surface area contributed by atoms with Crippen LogP contribution in [0.5, 0.6) is 0 Å². The standard InChI is InChI=1S/C10H19NO/c1-4-6-7-8-9(11)10(5-2)12-3/h1,9-10H,5-8,11H2,2-3H3. The van der Waals surface area contributed by atoms with Crippen LogP contribution in [0.3, 0.4) is 0 Å². The molecule has 2 unspecified atom stereocenters. The zero-order valence-electron chi connectivity index (χ0n) is 8.05. The van der Waals surface area contributed by atoms with Crippen molar-refractivity contribution in [3.8, 4) is 12.3 Å². The normalized spacial score (nSPS) is 15.2. The van der Waals surface area contributed by atoms with E-state index >= 15 is 0 Å². The van der Waals surface area contributed by atoms with Gasteiger partial charge in [-0.1, -0.05) is 6.92 Å². The van der Waals surface area contributed by atoms with Gasteiger partial charge in [-0.05, 0) is 19.3 Å². The van der Waals surface area contributed by atoms with E-state index in [4.69, 9.17) is 16.9 Å². The van der Waals surface area contributed by atoms with Crippen LogP contribution >= 0.6 is 0 Å². The van der Waals surface area contributed by atoms with Crippen LogP contribution in [0.4, 0.5) is 0 Å². The maximum absolute atomic E-state index is 5.89. The van der Waals surface area contributed by atoms with Gasteiger partial charge in [-0.3, -0.25) is 0 Å². The van der Waals surface area contributed by atoms with E-state index in [2.05, 4.69) is 12.8 Å². The fourth-order valence-corrected chi connectivity index (χ4v) is 1.27. The molecule has 2 atom stereocenters. The molecule has 0 aliphatic heterocycles. The third kappa shape index (κ3) is 4.38. The maximum Gasteiger partial charge on any atom is 0.0719 e. The molecule has 2 N–H and O–H groups in total. The monoisotopic (exact) mass is 169 g/mol. The second kappa shape index (κ2) is 7.15. The molecule has 70 valence electrons. The molecule has 0 spiro atoms. The SMILES string of the molecule is C#CCCCC(N)C(CC)OC. The molecule has 0 amide bonds. The molecule has 12 heavy (non-hydrogen) atoms. The van der Waals surface area contributed by atoms with Gasteiger partial charge in [0.2, 0.25) is 0 Å². The van der Waals surface area contributed by atoms with Gasteiger partial charge in [-0.2, -0.15) is 0 Å². The Morgan fingerprint density at radius 2 is 2.25 bits per heavy atom. The summed E-state index contributed by atoms with van der Waals surface area (Å²) in [6, 6.07) is 0.133. The number of rotatable bonds is 6. The predicted molar refractivity (Wildman–Crippen MR) is 51.7 cm³/mol. The lowest BCUT2D eigenvalue weighted by Crippen LogP contribution is -2.35. The van der Waals surface area contributed by atoms with Crippen LogP contribution in [0.1, 0.15) is 32.6 Å². The number of hydrogen-bond donors (Lipinski definition) is 1. The molecular weight excluding hydrogens is 150 g/mol. The molecule has 0 heterocycles. The van der Waals surface area contributed by atoms with Gasteiger partial charge in [-0.25, -0.2) is 0 Å². The van der Waals surface area contributed by atoms with Gasteiger partial charge < -0.3 is 10.5 Å². The van der Waals surface area contributed by atoms with Crippen LogP contribution in [0.15, 0.2) is 0 Å². The third-order valence-electron chi connectivity index (χ3n) is 2.04. The van der Waals surface area contributed by atoms with Crippen molar-refractivity contribution in [1.29, 1.82) is 0 Å².